The maximum atomic E-state index is 12.4. The van der Waals surface area contributed by atoms with Gasteiger partial charge in [0.1, 0.15) is 16.8 Å². The maximum absolute atomic E-state index is 12.4. The Morgan fingerprint density at radius 2 is 2.10 bits per heavy atom. The number of nitrogens with zero attached hydrogens (tertiary/aromatic N) is 2. The van der Waals surface area contributed by atoms with E-state index in [9.17, 15) is 14.7 Å². The number of aryl methyl sites for hydroxylation is 1. The number of fused-ring (bicyclic) bond motifs is 2. The fourth-order valence-corrected chi connectivity index (χ4v) is 3.38. The van der Waals surface area contributed by atoms with Crippen molar-refractivity contribution in [2.45, 2.75) is 39.7 Å². The molecule has 8 nitrogen and oxygen atoms in total. The number of carbonyl (C=O) groups is 2. The summed E-state index contributed by atoms with van der Waals surface area (Å²) in [5, 5.41) is 12.4. The van der Waals surface area contributed by atoms with Gasteiger partial charge in [-0.25, -0.2) is 14.8 Å². The van der Waals surface area contributed by atoms with Crippen molar-refractivity contribution >= 4 is 23.0 Å². The summed E-state index contributed by atoms with van der Waals surface area (Å²) in [6, 6.07) is 5.67. The summed E-state index contributed by atoms with van der Waals surface area (Å²) in [4.78, 5) is 34.9. The van der Waals surface area contributed by atoms with Crippen molar-refractivity contribution in [2.75, 3.05) is 0 Å². The van der Waals surface area contributed by atoms with E-state index < -0.39 is 11.4 Å². The molecule has 1 atom stereocenters. The number of aromatic amines is 1. The second-order valence-electron chi connectivity index (χ2n) is 8.19. The van der Waals surface area contributed by atoms with Gasteiger partial charge in [-0.2, -0.15) is 0 Å². The molecule has 0 saturated heterocycles. The predicted octanol–water partition coefficient (Wildman–Crippen LogP) is 3.60. The molecule has 1 aliphatic carbocycles. The summed E-state index contributed by atoms with van der Waals surface area (Å²) >= 11 is 0. The molecule has 0 saturated carbocycles. The van der Waals surface area contributed by atoms with E-state index in [2.05, 4.69) is 20.3 Å². The van der Waals surface area contributed by atoms with Crippen molar-refractivity contribution in [3.8, 4) is 11.6 Å². The first-order valence-electron chi connectivity index (χ1n) is 9.41. The zero-order chi connectivity index (χ0) is 20.8. The number of H-pyrrole nitrogens is 1. The van der Waals surface area contributed by atoms with Crippen LogP contribution in [0.5, 0.6) is 11.6 Å². The number of benzene rings is 1. The van der Waals surface area contributed by atoms with Crippen LogP contribution in [-0.4, -0.2) is 31.9 Å². The number of carboxylic acids is 1. The van der Waals surface area contributed by atoms with E-state index in [1.807, 2.05) is 39.0 Å². The number of aromatic carboxylic acids is 1. The van der Waals surface area contributed by atoms with Crippen molar-refractivity contribution in [1.29, 1.82) is 0 Å². The van der Waals surface area contributed by atoms with Crippen LogP contribution in [0.25, 0.3) is 11.2 Å². The monoisotopic (exact) mass is 394 g/mol. The van der Waals surface area contributed by atoms with Gasteiger partial charge in [0.15, 0.2) is 5.65 Å². The molecule has 8 heteroatoms. The highest BCUT2D eigenvalue weighted by Gasteiger charge is 2.29. The first kappa shape index (κ1) is 18.9. The smallest absolute Gasteiger partial charge is 0.339 e. The summed E-state index contributed by atoms with van der Waals surface area (Å²) in [6.45, 7) is 5.66. The number of aromatic nitrogens is 3. The summed E-state index contributed by atoms with van der Waals surface area (Å²) < 4.78 is 5.84. The third kappa shape index (κ3) is 3.65. The molecule has 150 valence electrons. The van der Waals surface area contributed by atoms with Gasteiger partial charge in [-0.05, 0) is 36.1 Å². The van der Waals surface area contributed by atoms with Crippen LogP contribution in [0, 0.1) is 5.41 Å². The number of rotatable bonds is 4. The summed E-state index contributed by atoms with van der Waals surface area (Å²) in [5.74, 6) is -0.321. The Morgan fingerprint density at radius 3 is 2.83 bits per heavy atom. The van der Waals surface area contributed by atoms with Gasteiger partial charge in [-0.1, -0.05) is 26.8 Å². The van der Waals surface area contributed by atoms with E-state index in [1.165, 1.54) is 18.0 Å². The minimum absolute atomic E-state index is 0.00616. The first-order valence-corrected chi connectivity index (χ1v) is 9.41. The fourth-order valence-electron chi connectivity index (χ4n) is 3.38. The van der Waals surface area contributed by atoms with Gasteiger partial charge in [0, 0.05) is 11.6 Å². The Labute approximate surface area is 167 Å². The third-order valence-electron chi connectivity index (χ3n) is 4.99. The van der Waals surface area contributed by atoms with Crippen LogP contribution in [0.2, 0.25) is 0 Å². The SMILES string of the molecule is CC(C)(C)C(=O)N[C@@H]1CCc2ccc(Oc3cnc4[nH]cc(C(=O)O)c4n3)cc21. The molecule has 2 aromatic heterocycles. The Kier molecular flexibility index (Phi) is 4.49. The fraction of sp³-hybridized carbons (Fsp3) is 0.333. The molecule has 2 heterocycles. The minimum atomic E-state index is -1.09. The molecule has 1 aromatic carbocycles. The molecule has 3 aromatic rings. The molecule has 0 fully saturated rings. The van der Waals surface area contributed by atoms with Crippen LogP contribution >= 0.6 is 0 Å². The molecule has 0 unspecified atom stereocenters. The number of hydrogen-bond acceptors (Lipinski definition) is 5. The number of carboxylic acid groups (broad SMARTS) is 1. The Balaban J connectivity index is 1.59. The molecule has 1 amide bonds. The Hall–Kier alpha value is -3.42. The molecule has 0 aliphatic heterocycles. The first-order chi connectivity index (χ1) is 13.7. The lowest BCUT2D eigenvalue weighted by atomic mass is 9.94. The van der Waals surface area contributed by atoms with Crippen molar-refractivity contribution in [3.63, 3.8) is 0 Å². The molecular weight excluding hydrogens is 372 g/mol. The molecule has 0 bridgehead atoms. The average Bonchev–Trinajstić information content (AvgIpc) is 3.25. The van der Waals surface area contributed by atoms with Gasteiger partial charge in [0.2, 0.25) is 11.8 Å². The maximum Gasteiger partial charge on any atom is 0.339 e. The highest BCUT2D eigenvalue weighted by Crippen LogP contribution is 2.35. The number of amides is 1. The van der Waals surface area contributed by atoms with E-state index in [-0.39, 0.29) is 28.9 Å². The van der Waals surface area contributed by atoms with E-state index in [0.29, 0.717) is 11.4 Å². The van der Waals surface area contributed by atoms with E-state index in [4.69, 9.17) is 4.74 Å². The highest BCUT2D eigenvalue weighted by molar-refractivity contribution is 6.00. The van der Waals surface area contributed by atoms with Crippen molar-refractivity contribution in [1.82, 2.24) is 20.3 Å². The van der Waals surface area contributed by atoms with Gasteiger partial charge in [0.25, 0.3) is 0 Å². The number of ether oxygens (including phenoxy) is 1. The second kappa shape index (κ2) is 6.88. The van der Waals surface area contributed by atoms with Crippen LogP contribution in [-0.2, 0) is 11.2 Å². The van der Waals surface area contributed by atoms with Crippen molar-refractivity contribution < 1.29 is 19.4 Å². The van der Waals surface area contributed by atoms with E-state index in [1.54, 1.807) is 0 Å². The molecule has 0 spiro atoms. The lowest BCUT2D eigenvalue weighted by Gasteiger charge is -2.22. The molecule has 3 N–H and O–H groups in total. The molecule has 0 radical (unpaired) electrons. The van der Waals surface area contributed by atoms with Crippen LogP contribution in [0.1, 0.15) is 54.7 Å². The lowest BCUT2D eigenvalue weighted by molar-refractivity contribution is -0.129. The molecule has 4 rings (SSSR count). The zero-order valence-electron chi connectivity index (χ0n) is 16.4. The van der Waals surface area contributed by atoms with Gasteiger partial charge < -0.3 is 20.1 Å². The normalized spacial score (nSPS) is 15.9. The van der Waals surface area contributed by atoms with Crippen molar-refractivity contribution in [3.05, 3.63) is 47.3 Å². The predicted molar refractivity (Wildman–Crippen MR) is 106 cm³/mol. The van der Waals surface area contributed by atoms with Crippen molar-refractivity contribution in [2.24, 2.45) is 5.41 Å². The van der Waals surface area contributed by atoms with Crippen LogP contribution in [0.4, 0.5) is 0 Å². The average molecular weight is 394 g/mol. The third-order valence-corrected chi connectivity index (χ3v) is 4.99. The van der Waals surface area contributed by atoms with Gasteiger partial charge in [-0.15, -0.1) is 0 Å². The number of carbonyl (C=O) groups excluding carboxylic acids is 1. The van der Waals surface area contributed by atoms with Gasteiger partial charge in [0.05, 0.1) is 12.2 Å². The summed E-state index contributed by atoms with van der Waals surface area (Å²) in [7, 11) is 0. The van der Waals surface area contributed by atoms with Gasteiger partial charge >= 0.3 is 5.97 Å². The van der Waals surface area contributed by atoms with E-state index in [0.717, 1.165) is 18.4 Å². The largest absolute Gasteiger partial charge is 0.478 e. The quantitative estimate of drug-likeness (QED) is 0.622. The lowest BCUT2D eigenvalue weighted by Crippen LogP contribution is -2.36. The van der Waals surface area contributed by atoms with Crippen LogP contribution < -0.4 is 10.1 Å². The zero-order valence-corrected chi connectivity index (χ0v) is 16.4. The van der Waals surface area contributed by atoms with Gasteiger partial charge in [-0.3, -0.25) is 4.79 Å². The number of nitrogens with one attached hydrogen (secondary N) is 2. The summed E-state index contributed by atoms with van der Waals surface area (Å²) in [6.07, 6.45) is 4.53. The second-order valence-corrected chi connectivity index (χ2v) is 8.19. The highest BCUT2D eigenvalue weighted by atomic mass is 16.5. The topological polar surface area (TPSA) is 117 Å². The number of hydrogen-bond donors (Lipinski definition) is 3. The van der Waals surface area contributed by atoms with E-state index >= 15 is 0 Å². The standard InChI is InChI=1S/C21H22N4O4/c1-21(2,3)20(28)24-15-7-5-11-4-6-12(8-13(11)15)29-16-10-23-18-17(25-16)14(9-22-18)19(26)27/h4,6,8-10,15H,5,7H2,1-3H3,(H,22,23)(H,24,28)(H,26,27)/t15-/m1/s1. The Bertz CT molecular complexity index is 1110. The van der Waals surface area contributed by atoms with Crippen LogP contribution in [0.3, 0.4) is 0 Å². The summed E-state index contributed by atoms with van der Waals surface area (Å²) in [5.41, 5.74) is 2.41. The Morgan fingerprint density at radius 1 is 1.31 bits per heavy atom. The molecule has 29 heavy (non-hydrogen) atoms. The van der Waals surface area contributed by atoms with Crippen LogP contribution in [0.15, 0.2) is 30.6 Å². The molecule has 1 aliphatic rings. The molecular formula is C21H22N4O4. The minimum Gasteiger partial charge on any atom is -0.478 e.